The molecule has 0 spiro atoms. The summed E-state index contributed by atoms with van der Waals surface area (Å²) >= 11 is 1.58. The van der Waals surface area contributed by atoms with Gasteiger partial charge in [-0.3, -0.25) is 9.20 Å². The number of amides is 1. The summed E-state index contributed by atoms with van der Waals surface area (Å²) in [5.74, 6) is 0.343. The van der Waals surface area contributed by atoms with Crippen LogP contribution >= 0.6 is 11.3 Å². The zero-order chi connectivity index (χ0) is 19.6. The van der Waals surface area contributed by atoms with Crippen molar-refractivity contribution >= 4 is 28.4 Å². The van der Waals surface area contributed by atoms with Gasteiger partial charge in [-0.25, -0.2) is 10.4 Å². The Balaban J connectivity index is 1.56. The van der Waals surface area contributed by atoms with Crippen molar-refractivity contribution < 1.29 is 9.53 Å². The Morgan fingerprint density at radius 3 is 2.67 bits per heavy atom. The third-order valence-corrected chi connectivity index (χ3v) is 5.16. The largest absolute Gasteiger partial charge is 0.484 e. The zero-order valence-electron chi connectivity index (χ0n) is 16.2. The van der Waals surface area contributed by atoms with Crippen molar-refractivity contribution in [2.75, 3.05) is 6.61 Å². The van der Waals surface area contributed by atoms with Gasteiger partial charge in [0.2, 0.25) is 0 Å². The summed E-state index contributed by atoms with van der Waals surface area (Å²) in [5.41, 5.74) is 6.63. The Bertz CT molecular complexity index is 978. The van der Waals surface area contributed by atoms with Crippen LogP contribution in [0.25, 0.3) is 4.96 Å². The maximum atomic E-state index is 12.0. The van der Waals surface area contributed by atoms with Gasteiger partial charge in [-0.15, -0.1) is 11.3 Å². The lowest BCUT2D eigenvalue weighted by Gasteiger charge is -2.19. The maximum absolute atomic E-state index is 12.0. The fraction of sp³-hybridized carbons (Fsp3) is 0.350. The smallest absolute Gasteiger partial charge is 0.277 e. The molecule has 2 aromatic heterocycles. The number of thiazole rings is 1. The highest BCUT2D eigenvalue weighted by atomic mass is 32.1. The van der Waals surface area contributed by atoms with Crippen LogP contribution in [0.3, 0.4) is 0 Å². The van der Waals surface area contributed by atoms with E-state index in [1.54, 1.807) is 17.6 Å². The van der Waals surface area contributed by atoms with E-state index in [4.69, 9.17) is 4.74 Å². The molecule has 0 unspecified atom stereocenters. The van der Waals surface area contributed by atoms with Crippen LogP contribution in [0.1, 0.15) is 43.4 Å². The van der Waals surface area contributed by atoms with Gasteiger partial charge in [-0.1, -0.05) is 32.9 Å². The van der Waals surface area contributed by atoms with Crippen molar-refractivity contribution in [2.24, 2.45) is 5.10 Å². The summed E-state index contributed by atoms with van der Waals surface area (Å²) in [5, 5.41) is 6.08. The van der Waals surface area contributed by atoms with Gasteiger partial charge >= 0.3 is 0 Å². The molecule has 0 saturated heterocycles. The van der Waals surface area contributed by atoms with Crippen LogP contribution in [-0.2, 0) is 10.2 Å². The number of aryl methyl sites for hydroxylation is 2. The Morgan fingerprint density at radius 1 is 1.30 bits per heavy atom. The van der Waals surface area contributed by atoms with E-state index in [2.05, 4.69) is 36.3 Å². The maximum Gasteiger partial charge on any atom is 0.277 e. The van der Waals surface area contributed by atoms with Gasteiger partial charge in [0.1, 0.15) is 5.75 Å². The summed E-state index contributed by atoms with van der Waals surface area (Å²) in [7, 11) is 0. The Kier molecular flexibility index (Phi) is 5.32. The number of ether oxygens (including phenoxy) is 1. The van der Waals surface area contributed by atoms with Crippen LogP contribution in [-0.4, -0.2) is 28.1 Å². The topological polar surface area (TPSA) is 68.0 Å². The highest BCUT2D eigenvalue weighted by molar-refractivity contribution is 7.15. The Hall–Kier alpha value is -2.67. The van der Waals surface area contributed by atoms with E-state index in [9.17, 15) is 4.79 Å². The summed E-state index contributed by atoms with van der Waals surface area (Å²) in [4.78, 5) is 17.4. The fourth-order valence-corrected chi connectivity index (χ4v) is 3.59. The van der Waals surface area contributed by atoms with Crippen LogP contribution < -0.4 is 10.2 Å². The van der Waals surface area contributed by atoms with E-state index in [1.807, 2.05) is 47.9 Å². The van der Waals surface area contributed by atoms with E-state index < -0.39 is 0 Å². The first-order valence-electron chi connectivity index (χ1n) is 8.74. The van der Waals surface area contributed by atoms with Crippen LogP contribution in [0.5, 0.6) is 5.75 Å². The van der Waals surface area contributed by atoms with Gasteiger partial charge in [-0.2, -0.15) is 5.10 Å². The molecule has 0 aliphatic heterocycles. The number of aromatic nitrogens is 2. The summed E-state index contributed by atoms with van der Waals surface area (Å²) in [6, 6.07) is 7.79. The average Bonchev–Trinajstić information content (AvgIpc) is 3.12. The second-order valence-corrected chi connectivity index (χ2v) is 8.27. The Labute approximate surface area is 162 Å². The number of hydrogen-bond donors (Lipinski definition) is 1. The molecule has 0 radical (unpaired) electrons. The second kappa shape index (κ2) is 7.52. The summed E-state index contributed by atoms with van der Waals surface area (Å²) in [6.07, 6.45) is 1.62. The van der Waals surface area contributed by atoms with Gasteiger partial charge in [0.05, 0.1) is 17.6 Å². The molecule has 1 aromatic carbocycles. The van der Waals surface area contributed by atoms with Gasteiger partial charge in [-0.05, 0) is 37.0 Å². The van der Waals surface area contributed by atoms with Crippen LogP contribution in [0, 0.1) is 13.8 Å². The number of carbonyl (C=O) groups is 1. The SMILES string of the molecule is Cc1nc2scc(C)n2c1/C=N/NC(=O)COc1ccc(C(C)(C)C)cc1. The van der Waals surface area contributed by atoms with Crippen LogP contribution in [0.2, 0.25) is 0 Å². The first-order chi connectivity index (χ1) is 12.8. The lowest BCUT2D eigenvalue weighted by atomic mass is 9.87. The van der Waals surface area contributed by atoms with Crippen LogP contribution in [0.4, 0.5) is 0 Å². The molecule has 0 saturated carbocycles. The third kappa shape index (κ3) is 4.36. The Morgan fingerprint density at radius 2 is 2.00 bits per heavy atom. The molecule has 3 aromatic rings. The standard InChI is InChI=1S/C20H24N4O2S/c1-13-12-27-19-22-14(2)17(24(13)19)10-21-23-18(25)11-26-16-8-6-15(7-9-16)20(3,4)5/h6-10,12H,11H2,1-5H3,(H,23,25)/b21-10+. The molecular weight excluding hydrogens is 360 g/mol. The first kappa shape index (κ1) is 19.1. The number of imidazole rings is 1. The molecule has 0 aliphatic rings. The highest BCUT2D eigenvalue weighted by Crippen LogP contribution is 2.24. The number of nitrogens with one attached hydrogen (secondary N) is 1. The van der Waals surface area contributed by atoms with Crippen molar-refractivity contribution in [3.8, 4) is 5.75 Å². The number of carbonyl (C=O) groups excluding carboxylic acids is 1. The molecule has 0 atom stereocenters. The molecule has 1 N–H and O–H groups in total. The van der Waals surface area contributed by atoms with E-state index >= 15 is 0 Å². The molecule has 0 bridgehead atoms. The monoisotopic (exact) mass is 384 g/mol. The van der Waals surface area contributed by atoms with E-state index in [0.29, 0.717) is 5.75 Å². The molecule has 142 valence electrons. The van der Waals surface area contributed by atoms with Crippen molar-refractivity contribution in [3.63, 3.8) is 0 Å². The normalized spacial score (nSPS) is 12.0. The minimum atomic E-state index is -0.313. The molecule has 2 heterocycles. The quantitative estimate of drug-likeness (QED) is 0.537. The molecule has 0 aliphatic carbocycles. The lowest BCUT2D eigenvalue weighted by molar-refractivity contribution is -0.123. The number of rotatable bonds is 5. The molecule has 3 rings (SSSR count). The lowest BCUT2D eigenvalue weighted by Crippen LogP contribution is -2.24. The summed E-state index contributed by atoms with van der Waals surface area (Å²) in [6.45, 7) is 10.3. The highest BCUT2D eigenvalue weighted by Gasteiger charge is 2.13. The van der Waals surface area contributed by atoms with Gasteiger partial charge in [0, 0.05) is 11.1 Å². The van der Waals surface area contributed by atoms with Gasteiger partial charge in [0.25, 0.3) is 5.91 Å². The molecule has 1 amide bonds. The number of hydrogen-bond acceptors (Lipinski definition) is 5. The van der Waals surface area contributed by atoms with Gasteiger partial charge in [0.15, 0.2) is 11.6 Å². The first-order valence-corrected chi connectivity index (χ1v) is 9.62. The molecule has 0 fully saturated rings. The second-order valence-electron chi connectivity index (χ2n) is 7.43. The number of hydrazone groups is 1. The zero-order valence-corrected chi connectivity index (χ0v) is 17.1. The number of nitrogens with zero attached hydrogens (tertiary/aromatic N) is 3. The van der Waals surface area contributed by atoms with Crippen molar-refractivity contribution in [2.45, 2.75) is 40.0 Å². The summed E-state index contributed by atoms with van der Waals surface area (Å²) < 4.78 is 7.54. The van der Waals surface area contributed by atoms with E-state index in [0.717, 1.165) is 22.0 Å². The molecule has 6 nitrogen and oxygen atoms in total. The van der Waals surface area contributed by atoms with E-state index in [1.165, 1.54) is 5.56 Å². The van der Waals surface area contributed by atoms with Crippen molar-refractivity contribution in [1.29, 1.82) is 0 Å². The predicted octanol–water partition coefficient (Wildman–Crippen LogP) is 3.84. The van der Waals surface area contributed by atoms with Gasteiger partial charge < -0.3 is 4.74 Å². The predicted molar refractivity (Wildman–Crippen MR) is 109 cm³/mol. The number of benzene rings is 1. The average molecular weight is 385 g/mol. The molecule has 27 heavy (non-hydrogen) atoms. The van der Waals surface area contributed by atoms with Crippen LogP contribution in [0.15, 0.2) is 34.7 Å². The molecular formula is C20H24N4O2S. The van der Waals surface area contributed by atoms with E-state index in [-0.39, 0.29) is 17.9 Å². The van der Waals surface area contributed by atoms with Crippen molar-refractivity contribution in [1.82, 2.24) is 14.8 Å². The van der Waals surface area contributed by atoms with Crippen molar-refractivity contribution in [3.05, 3.63) is 52.3 Å². The third-order valence-electron chi connectivity index (χ3n) is 4.22. The minimum Gasteiger partial charge on any atom is -0.484 e. The number of fused-ring (bicyclic) bond motifs is 1. The fourth-order valence-electron chi connectivity index (χ4n) is 2.68. The minimum absolute atomic E-state index is 0.0860. The molecule has 7 heteroatoms.